The lowest BCUT2D eigenvalue weighted by molar-refractivity contribution is -0.119. The van der Waals surface area contributed by atoms with Crippen molar-refractivity contribution in [2.24, 2.45) is 0 Å². The van der Waals surface area contributed by atoms with E-state index in [-0.39, 0.29) is 10.6 Å². The number of sulfonamides is 1. The molecule has 0 fully saturated rings. The number of para-hydroxylation sites is 1. The number of hydrogen-bond acceptors (Lipinski definition) is 4. The van der Waals surface area contributed by atoms with E-state index in [0.717, 1.165) is 16.8 Å². The molecule has 0 saturated heterocycles. The lowest BCUT2D eigenvalue weighted by atomic mass is 10.1. The van der Waals surface area contributed by atoms with E-state index in [1.54, 1.807) is 0 Å². The Hall–Kier alpha value is -3.39. The summed E-state index contributed by atoms with van der Waals surface area (Å²) in [5.41, 5.74) is 2.14. The van der Waals surface area contributed by atoms with Gasteiger partial charge in [0, 0.05) is 6.54 Å². The van der Waals surface area contributed by atoms with Crippen LogP contribution < -0.4 is 14.4 Å². The van der Waals surface area contributed by atoms with Gasteiger partial charge in [-0.15, -0.1) is 0 Å². The molecule has 0 aliphatic heterocycles. The van der Waals surface area contributed by atoms with Crippen molar-refractivity contribution in [3.8, 4) is 5.75 Å². The zero-order chi connectivity index (χ0) is 23.8. The van der Waals surface area contributed by atoms with Gasteiger partial charge in [-0.05, 0) is 61.7 Å². The highest BCUT2D eigenvalue weighted by Gasteiger charge is 2.29. The predicted octanol–water partition coefficient (Wildman–Crippen LogP) is 4.09. The van der Waals surface area contributed by atoms with E-state index in [1.807, 2.05) is 25.1 Å². The van der Waals surface area contributed by atoms with Crippen molar-refractivity contribution in [1.82, 2.24) is 5.32 Å². The molecule has 0 aromatic heterocycles. The number of anilines is 1. The quantitative estimate of drug-likeness (QED) is 0.453. The summed E-state index contributed by atoms with van der Waals surface area (Å²) >= 11 is 0. The molecule has 0 unspecified atom stereocenters. The van der Waals surface area contributed by atoms with Gasteiger partial charge in [0.1, 0.15) is 18.1 Å². The van der Waals surface area contributed by atoms with Gasteiger partial charge in [-0.2, -0.15) is 0 Å². The summed E-state index contributed by atoms with van der Waals surface area (Å²) in [6, 6.07) is 19.3. The molecule has 0 aliphatic carbocycles. The van der Waals surface area contributed by atoms with Gasteiger partial charge in [-0.3, -0.25) is 9.10 Å². The molecule has 0 atom stereocenters. The molecule has 0 bridgehead atoms. The van der Waals surface area contributed by atoms with E-state index in [4.69, 9.17) is 4.74 Å². The van der Waals surface area contributed by atoms with Crippen LogP contribution in [-0.2, 0) is 21.2 Å². The molecule has 174 valence electrons. The molecule has 3 aromatic rings. The van der Waals surface area contributed by atoms with Crippen molar-refractivity contribution in [1.29, 1.82) is 0 Å². The Morgan fingerprint density at radius 3 is 2.42 bits per heavy atom. The molecule has 0 aliphatic rings. The number of carbonyl (C=O) groups is 1. The number of benzene rings is 3. The lowest BCUT2D eigenvalue weighted by Crippen LogP contribution is -2.41. The fraction of sp³-hybridized carbons (Fsp3) is 0.240. The summed E-state index contributed by atoms with van der Waals surface area (Å²) in [5, 5.41) is 2.74. The number of carbonyl (C=O) groups excluding carboxylic acids is 1. The average Bonchev–Trinajstić information content (AvgIpc) is 2.81. The second kappa shape index (κ2) is 11.0. The van der Waals surface area contributed by atoms with Crippen LogP contribution in [-0.4, -0.2) is 34.5 Å². The van der Waals surface area contributed by atoms with Gasteiger partial charge in [0.05, 0.1) is 17.7 Å². The monoisotopic (exact) mass is 470 g/mol. The maximum atomic E-state index is 14.5. The summed E-state index contributed by atoms with van der Waals surface area (Å²) < 4.78 is 47.0. The fourth-order valence-electron chi connectivity index (χ4n) is 3.40. The number of amides is 1. The Bertz CT molecular complexity index is 1200. The van der Waals surface area contributed by atoms with Crippen LogP contribution in [0.3, 0.4) is 0 Å². The molecule has 6 nitrogen and oxygen atoms in total. The van der Waals surface area contributed by atoms with Crippen LogP contribution in [0.5, 0.6) is 5.75 Å². The van der Waals surface area contributed by atoms with Crippen LogP contribution in [0, 0.1) is 12.7 Å². The van der Waals surface area contributed by atoms with Crippen molar-refractivity contribution in [3.63, 3.8) is 0 Å². The third kappa shape index (κ3) is 6.32. The molecule has 1 amide bonds. The van der Waals surface area contributed by atoms with Crippen LogP contribution in [0.25, 0.3) is 0 Å². The van der Waals surface area contributed by atoms with Crippen molar-refractivity contribution in [2.45, 2.75) is 24.7 Å². The van der Waals surface area contributed by atoms with Crippen LogP contribution in [0.15, 0.2) is 77.7 Å². The lowest BCUT2D eigenvalue weighted by Gasteiger charge is -2.24. The predicted molar refractivity (Wildman–Crippen MR) is 126 cm³/mol. The number of halogens is 1. The smallest absolute Gasteiger partial charge is 0.264 e. The number of aryl methyl sites for hydroxylation is 2. The first-order chi connectivity index (χ1) is 15.8. The summed E-state index contributed by atoms with van der Waals surface area (Å²) in [6.45, 7) is 1.85. The highest BCUT2D eigenvalue weighted by Crippen LogP contribution is 2.27. The summed E-state index contributed by atoms with van der Waals surface area (Å²) in [4.78, 5) is 12.6. The van der Waals surface area contributed by atoms with Crippen molar-refractivity contribution < 1.29 is 22.3 Å². The summed E-state index contributed by atoms with van der Waals surface area (Å²) in [5.74, 6) is -0.765. The van der Waals surface area contributed by atoms with Gasteiger partial charge in [0.15, 0.2) is 0 Å². The number of hydrogen-bond donors (Lipinski definition) is 1. The van der Waals surface area contributed by atoms with Crippen LogP contribution in [0.4, 0.5) is 10.1 Å². The first-order valence-corrected chi connectivity index (χ1v) is 12.0. The normalized spacial score (nSPS) is 11.1. The average molecular weight is 471 g/mol. The second-order valence-corrected chi connectivity index (χ2v) is 9.44. The van der Waals surface area contributed by atoms with Crippen LogP contribution in [0.2, 0.25) is 0 Å². The van der Waals surface area contributed by atoms with Gasteiger partial charge >= 0.3 is 0 Å². The third-order valence-corrected chi connectivity index (χ3v) is 6.88. The Morgan fingerprint density at radius 2 is 1.76 bits per heavy atom. The molecule has 0 spiro atoms. The van der Waals surface area contributed by atoms with Gasteiger partial charge < -0.3 is 10.1 Å². The van der Waals surface area contributed by atoms with Gasteiger partial charge in [0.2, 0.25) is 5.91 Å². The number of rotatable bonds is 10. The second-order valence-electron chi connectivity index (χ2n) is 7.58. The third-order valence-electron chi connectivity index (χ3n) is 5.10. The number of ether oxygens (including phenoxy) is 1. The number of nitrogens with zero attached hydrogens (tertiary/aromatic N) is 1. The number of methoxy groups -OCH3 is 1. The molecule has 8 heteroatoms. The Morgan fingerprint density at radius 1 is 1.03 bits per heavy atom. The first kappa shape index (κ1) is 24.3. The van der Waals surface area contributed by atoms with Crippen molar-refractivity contribution in [3.05, 3.63) is 89.7 Å². The molecule has 0 radical (unpaired) electrons. The van der Waals surface area contributed by atoms with E-state index in [9.17, 15) is 17.6 Å². The molecule has 0 saturated carbocycles. The van der Waals surface area contributed by atoms with E-state index in [1.165, 1.54) is 60.7 Å². The zero-order valence-corrected chi connectivity index (χ0v) is 19.4. The molecule has 3 rings (SSSR count). The summed E-state index contributed by atoms with van der Waals surface area (Å²) in [7, 11) is -2.73. The number of nitrogens with one attached hydrogen (secondary N) is 1. The molecule has 33 heavy (non-hydrogen) atoms. The first-order valence-electron chi connectivity index (χ1n) is 10.5. The van der Waals surface area contributed by atoms with E-state index < -0.39 is 28.3 Å². The standard InChI is InChI=1S/C25H27FN2O4S/c1-19-7-5-8-20(17-19)9-6-16-27-25(29)18-28(24-11-4-3-10-23(24)26)33(30,31)22-14-12-21(32-2)13-15-22/h3-5,7-8,10-15,17H,6,9,16,18H2,1-2H3,(H,27,29). The Balaban J connectivity index is 1.73. The minimum absolute atomic E-state index is 0.0706. The highest BCUT2D eigenvalue weighted by atomic mass is 32.2. The van der Waals surface area contributed by atoms with Crippen molar-refractivity contribution in [2.75, 3.05) is 24.5 Å². The zero-order valence-electron chi connectivity index (χ0n) is 18.6. The van der Waals surface area contributed by atoms with E-state index in [2.05, 4.69) is 11.4 Å². The maximum Gasteiger partial charge on any atom is 0.264 e. The Labute approximate surface area is 194 Å². The van der Waals surface area contributed by atoms with Gasteiger partial charge in [0.25, 0.3) is 10.0 Å². The summed E-state index contributed by atoms with van der Waals surface area (Å²) in [6.07, 6.45) is 1.48. The minimum atomic E-state index is -4.20. The molecule has 1 N–H and O–H groups in total. The largest absolute Gasteiger partial charge is 0.497 e. The maximum absolute atomic E-state index is 14.5. The van der Waals surface area contributed by atoms with E-state index in [0.29, 0.717) is 18.7 Å². The molecular formula is C25H27FN2O4S. The van der Waals surface area contributed by atoms with Gasteiger partial charge in [-0.1, -0.05) is 42.0 Å². The topological polar surface area (TPSA) is 75.7 Å². The Kier molecular flexibility index (Phi) is 8.06. The SMILES string of the molecule is COc1ccc(S(=O)(=O)N(CC(=O)NCCCc2cccc(C)c2)c2ccccc2F)cc1. The molecule has 0 heterocycles. The minimum Gasteiger partial charge on any atom is -0.497 e. The van der Waals surface area contributed by atoms with Crippen LogP contribution >= 0.6 is 0 Å². The molecule has 3 aromatic carbocycles. The van der Waals surface area contributed by atoms with Gasteiger partial charge in [-0.25, -0.2) is 12.8 Å². The van der Waals surface area contributed by atoms with Crippen LogP contribution in [0.1, 0.15) is 17.5 Å². The highest BCUT2D eigenvalue weighted by molar-refractivity contribution is 7.92. The molecular weight excluding hydrogens is 443 g/mol. The fourth-order valence-corrected chi connectivity index (χ4v) is 4.83. The van der Waals surface area contributed by atoms with E-state index >= 15 is 0 Å². The van der Waals surface area contributed by atoms with Crippen molar-refractivity contribution >= 4 is 21.6 Å².